The second kappa shape index (κ2) is 7.38. The number of amides is 2. The first-order valence-electron chi connectivity index (χ1n) is 7.22. The minimum atomic E-state index is -0.344. The molecule has 0 bridgehead atoms. The normalized spacial score (nSPS) is 17.6. The first-order chi connectivity index (χ1) is 10.0. The Balaban J connectivity index is 1.73. The molecule has 0 radical (unpaired) electrons. The highest BCUT2D eigenvalue weighted by Gasteiger charge is 2.21. The number of aliphatic hydroxyl groups is 1. The average Bonchev–Trinajstić information content (AvgIpc) is 2.46. The van der Waals surface area contributed by atoms with Gasteiger partial charge in [0.25, 0.3) is 0 Å². The summed E-state index contributed by atoms with van der Waals surface area (Å²) >= 11 is 0. The first-order valence-corrected chi connectivity index (χ1v) is 7.22. The number of halogens is 1. The molecule has 1 aromatic carbocycles. The molecule has 5 nitrogen and oxygen atoms in total. The SMILES string of the molecule is C[C@@H](O)CN1CCN(C(=O)NCc2ccc(F)cc2)CC1. The summed E-state index contributed by atoms with van der Waals surface area (Å²) in [5, 5.41) is 12.2. The number of benzene rings is 1. The van der Waals surface area contributed by atoms with Crippen LogP contribution in [0.5, 0.6) is 0 Å². The van der Waals surface area contributed by atoms with E-state index in [2.05, 4.69) is 10.2 Å². The summed E-state index contributed by atoms with van der Waals surface area (Å²) in [5.41, 5.74) is 0.873. The minimum Gasteiger partial charge on any atom is -0.392 e. The molecule has 0 saturated carbocycles. The molecule has 1 fully saturated rings. The molecule has 1 saturated heterocycles. The van der Waals surface area contributed by atoms with E-state index in [4.69, 9.17) is 0 Å². The molecule has 1 aliphatic heterocycles. The molecule has 21 heavy (non-hydrogen) atoms. The number of carbonyl (C=O) groups is 1. The van der Waals surface area contributed by atoms with Gasteiger partial charge in [-0.25, -0.2) is 9.18 Å². The summed E-state index contributed by atoms with van der Waals surface area (Å²) < 4.78 is 12.8. The number of hydrogen-bond acceptors (Lipinski definition) is 3. The average molecular weight is 295 g/mol. The molecule has 0 aliphatic carbocycles. The Bertz CT molecular complexity index is 456. The molecule has 1 aliphatic rings. The first kappa shape index (κ1) is 15.7. The molecule has 1 aromatic rings. The standard InChI is InChI=1S/C15H22FN3O2/c1-12(20)11-18-6-8-19(9-7-18)15(21)17-10-13-2-4-14(16)5-3-13/h2-5,12,20H,6-11H2,1H3,(H,17,21)/t12-/m1/s1. The second-order valence-corrected chi connectivity index (χ2v) is 5.42. The molecular weight excluding hydrogens is 273 g/mol. The van der Waals surface area contributed by atoms with Crippen molar-refractivity contribution in [2.24, 2.45) is 0 Å². The highest BCUT2D eigenvalue weighted by molar-refractivity contribution is 5.74. The number of nitrogens with zero attached hydrogens (tertiary/aromatic N) is 2. The molecule has 116 valence electrons. The maximum atomic E-state index is 12.8. The van der Waals surface area contributed by atoms with Crippen molar-refractivity contribution in [2.75, 3.05) is 32.7 Å². The van der Waals surface area contributed by atoms with Gasteiger partial charge >= 0.3 is 6.03 Å². The van der Waals surface area contributed by atoms with E-state index < -0.39 is 0 Å². The molecule has 2 rings (SSSR count). The van der Waals surface area contributed by atoms with Crippen LogP contribution in [-0.4, -0.2) is 59.8 Å². The van der Waals surface area contributed by atoms with Gasteiger partial charge in [-0.15, -0.1) is 0 Å². The van der Waals surface area contributed by atoms with Crippen molar-refractivity contribution < 1.29 is 14.3 Å². The van der Waals surface area contributed by atoms with Gasteiger partial charge < -0.3 is 15.3 Å². The number of carbonyl (C=O) groups excluding carboxylic acids is 1. The number of nitrogens with one attached hydrogen (secondary N) is 1. The van der Waals surface area contributed by atoms with Crippen LogP contribution in [-0.2, 0) is 6.54 Å². The van der Waals surface area contributed by atoms with Gasteiger partial charge in [-0.1, -0.05) is 12.1 Å². The topological polar surface area (TPSA) is 55.8 Å². The van der Waals surface area contributed by atoms with Gasteiger partial charge in [0.05, 0.1) is 6.10 Å². The van der Waals surface area contributed by atoms with Crippen molar-refractivity contribution in [2.45, 2.75) is 19.6 Å². The van der Waals surface area contributed by atoms with Crippen LogP contribution in [0.3, 0.4) is 0 Å². The molecule has 6 heteroatoms. The van der Waals surface area contributed by atoms with Gasteiger partial charge in [-0.2, -0.15) is 0 Å². The van der Waals surface area contributed by atoms with E-state index in [1.807, 2.05) is 0 Å². The summed E-state index contributed by atoms with van der Waals surface area (Å²) in [4.78, 5) is 16.0. The highest BCUT2D eigenvalue weighted by Crippen LogP contribution is 2.05. The van der Waals surface area contributed by atoms with Crippen LogP contribution in [0.15, 0.2) is 24.3 Å². The Kier molecular flexibility index (Phi) is 5.52. The van der Waals surface area contributed by atoms with Crippen LogP contribution in [0.2, 0.25) is 0 Å². The maximum Gasteiger partial charge on any atom is 0.317 e. The third kappa shape index (κ3) is 4.99. The fourth-order valence-corrected chi connectivity index (χ4v) is 2.40. The van der Waals surface area contributed by atoms with Gasteiger partial charge in [-0.05, 0) is 24.6 Å². The molecule has 0 spiro atoms. The Morgan fingerprint density at radius 1 is 1.29 bits per heavy atom. The fourth-order valence-electron chi connectivity index (χ4n) is 2.40. The third-order valence-corrected chi connectivity index (χ3v) is 3.54. The predicted molar refractivity (Wildman–Crippen MR) is 78.3 cm³/mol. The number of piperazine rings is 1. The Labute approximate surface area is 124 Å². The van der Waals surface area contributed by atoms with Gasteiger partial charge in [0.2, 0.25) is 0 Å². The lowest BCUT2D eigenvalue weighted by Crippen LogP contribution is -2.52. The van der Waals surface area contributed by atoms with Gasteiger partial charge in [0, 0.05) is 39.3 Å². The smallest absolute Gasteiger partial charge is 0.317 e. The van der Waals surface area contributed by atoms with E-state index in [0.717, 1.165) is 18.7 Å². The van der Waals surface area contributed by atoms with Crippen molar-refractivity contribution in [1.29, 1.82) is 0 Å². The van der Waals surface area contributed by atoms with E-state index >= 15 is 0 Å². The van der Waals surface area contributed by atoms with Crippen LogP contribution >= 0.6 is 0 Å². The zero-order valence-electron chi connectivity index (χ0n) is 12.3. The van der Waals surface area contributed by atoms with E-state index in [1.165, 1.54) is 12.1 Å². The Hall–Kier alpha value is -1.66. The van der Waals surface area contributed by atoms with E-state index in [9.17, 15) is 14.3 Å². The van der Waals surface area contributed by atoms with Crippen molar-refractivity contribution in [3.05, 3.63) is 35.6 Å². The van der Waals surface area contributed by atoms with Crippen molar-refractivity contribution in [3.8, 4) is 0 Å². The molecular formula is C15H22FN3O2. The van der Waals surface area contributed by atoms with Gasteiger partial charge in [0.15, 0.2) is 0 Å². The summed E-state index contributed by atoms with van der Waals surface area (Å²) in [7, 11) is 0. The van der Waals surface area contributed by atoms with Crippen molar-refractivity contribution in [3.63, 3.8) is 0 Å². The van der Waals surface area contributed by atoms with E-state index in [1.54, 1.807) is 24.0 Å². The maximum absolute atomic E-state index is 12.8. The second-order valence-electron chi connectivity index (χ2n) is 5.42. The highest BCUT2D eigenvalue weighted by atomic mass is 19.1. The largest absolute Gasteiger partial charge is 0.392 e. The van der Waals surface area contributed by atoms with Crippen molar-refractivity contribution >= 4 is 6.03 Å². The predicted octanol–water partition coefficient (Wildman–Crippen LogP) is 1.03. The van der Waals surface area contributed by atoms with Crippen LogP contribution in [0, 0.1) is 5.82 Å². The molecule has 0 unspecified atom stereocenters. The summed E-state index contributed by atoms with van der Waals surface area (Å²) in [5.74, 6) is -0.278. The summed E-state index contributed by atoms with van der Waals surface area (Å²) in [6, 6.07) is 6.00. The zero-order valence-corrected chi connectivity index (χ0v) is 12.3. The van der Waals surface area contributed by atoms with Gasteiger partial charge in [-0.3, -0.25) is 4.90 Å². The lowest BCUT2D eigenvalue weighted by Gasteiger charge is -2.35. The van der Waals surface area contributed by atoms with E-state index in [0.29, 0.717) is 26.2 Å². The monoisotopic (exact) mass is 295 g/mol. The summed E-state index contributed by atoms with van der Waals surface area (Å²) in [6.45, 7) is 5.66. The fraction of sp³-hybridized carbons (Fsp3) is 0.533. The minimum absolute atomic E-state index is 0.101. The molecule has 2 amide bonds. The van der Waals surface area contributed by atoms with Crippen LogP contribution in [0.4, 0.5) is 9.18 Å². The quantitative estimate of drug-likeness (QED) is 0.872. The lowest BCUT2D eigenvalue weighted by atomic mass is 10.2. The zero-order chi connectivity index (χ0) is 15.2. The number of rotatable bonds is 4. The van der Waals surface area contributed by atoms with Crippen LogP contribution in [0.25, 0.3) is 0 Å². The Morgan fingerprint density at radius 2 is 1.90 bits per heavy atom. The number of β-amino-alcohol motifs (C(OH)–C–C–N with tert-alkyl or cyclic N) is 1. The van der Waals surface area contributed by atoms with E-state index in [-0.39, 0.29) is 18.0 Å². The Morgan fingerprint density at radius 3 is 2.48 bits per heavy atom. The number of aliphatic hydroxyl groups excluding tert-OH is 1. The third-order valence-electron chi connectivity index (χ3n) is 3.54. The number of urea groups is 1. The lowest BCUT2D eigenvalue weighted by molar-refractivity contribution is 0.0897. The van der Waals surface area contributed by atoms with Crippen molar-refractivity contribution in [1.82, 2.24) is 15.1 Å². The molecule has 0 aromatic heterocycles. The molecule has 1 heterocycles. The van der Waals surface area contributed by atoms with Crippen LogP contribution < -0.4 is 5.32 Å². The number of hydrogen-bond donors (Lipinski definition) is 2. The van der Waals surface area contributed by atoms with Crippen LogP contribution in [0.1, 0.15) is 12.5 Å². The molecule has 1 atom stereocenters. The molecule has 2 N–H and O–H groups in total. The summed E-state index contributed by atoms with van der Waals surface area (Å²) in [6.07, 6.45) is -0.344. The van der Waals surface area contributed by atoms with Gasteiger partial charge in [0.1, 0.15) is 5.82 Å².